The summed E-state index contributed by atoms with van der Waals surface area (Å²) in [5.74, 6) is 2.98. The van der Waals surface area contributed by atoms with Crippen molar-refractivity contribution < 1.29 is 4.74 Å². The van der Waals surface area contributed by atoms with Crippen molar-refractivity contribution in [2.75, 3.05) is 0 Å². The van der Waals surface area contributed by atoms with Gasteiger partial charge < -0.3 is 9.30 Å². The maximum atomic E-state index is 6.05. The third kappa shape index (κ3) is 2.94. The van der Waals surface area contributed by atoms with Gasteiger partial charge in [0, 0.05) is 13.0 Å². The second-order valence-electron chi connectivity index (χ2n) is 6.68. The van der Waals surface area contributed by atoms with E-state index in [0.29, 0.717) is 6.61 Å². The Kier molecular flexibility index (Phi) is 3.70. The van der Waals surface area contributed by atoms with Crippen LogP contribution in [0.5, 0.6) is 5.75 Å². The van der Waals surface area contributed by atoms with Crippen molar-refractivity contribution in [2.24, 2.45) is 0 Å². The van der Waals surface area contributed by atoms with E-state index in [1.165, 1.54) is 18.4 Å². The average molecular weight is 285 g/mol. The minimum Gasteiger partial charge on any atom is -0.485 e. The third-order valence-corrected chi connectivity index (χ3v) is 3.99. The van der Waals surface area contributed by atoms with Crippen LogP contribution in [-0.4, -0.2) is 14.8 Å². The second kappa shape index (κ2) is 5.51. The first-order valence-corrected chi connectivity index (χ1v) is 7.69. The van der Waals surface area contributed by atoms with Crippen LogP contribution in [0.15, 0.2) is 24.3 Å². The number of aromatic nitrogens is 3. The minimum absolute atomic E-state index is 0.0703. The van der Waals surface area contributed by atoms with Gasteiger partial charge in [0.05, 0.1) is 0 Å². The van der Waals surface area contributed by atoms with Gasteiger partial charge in [-0.05, 0) is 29.9 Å². The summed E-state index contributed by atoms with van der Waals surface area (Å²) in [5.41, 5.74) is 1.30. The first-order chi connectivity index (χ1) is 10.1. The van der Waals surface area contributed by atoms with E-state index in [9.17, 15) is 0 Å². The van der Waals surface area contributed by atoms with E-state index in [0.717, 1.165) is 30.4 Å². The smallest absolute Gasteiger partial charge is 0.171 e. The summed E-state index contributed by atoms with van der Waals surface area (Å²) in [4.78, 5) is 0. The fourth-order valence-corrected chi connectivity index (χ4v) is 2.83. The van der Waals surface area contributed by atoms with Gasteiger partial charge in [0.1, 0.15) is 18.2 Å². The molecule has 0 spiro atoms. The predicted molar refractivity (Wildman–Crippen MR) is 82.4 cm³/mol. The molecule has 0 N–H and O–H groups in total. The lowest BCUT2D eigenvalue weighted by atomic mass is 9.86. The molecule has 1 aliphatic rings. The highest BCUT2D eigenvalue weighted by Crippen LogP contribution is 2.31. The first kappa shape index (κ1) is 14.1. The molecular weight excluding hydrogens is 262 g/mol. The number of hydrogen-bond acceptors (Lipinski definition) is 3. The number of benzene rings is 1. The highest BCUT2D eigenvalue weighted by atomic mass is 16.5. The molecule has 2 heterocycles. The Morgan fingerprint density at radius 1 is 1.14 bits per heavy atom. The molecule has 0 atom stereocenters. The molecular formula is C17H23N3O. The van der Waals surface area contributed by atoms with Crippen LogP contribution in [-0.2, 0) is 25.0 Å². The van der Waals surface area contributed by atoms with Crippen molar-refractivity contribution in [3.8, 4) is 5.75 Å². The summed E-state index contributed by atoms with van der Waals surface area (Å²) in [6, 6.07) is 8.25. The maximum absolute atomic E-state index is 6.05. The molecule has 4 nitrogen and oxygen atoms in total. The van der Waals surface area contributed by atoms with Gasteiger partial charge in [-0.2, -0.15) is 0 Å². The molecule has 1 aliphatic heterocycles. The number of para-hydroxylation sites is 1. The molecule has 1 aromatic heterocycles. The Bertz CT molecular complexity index is 625. The molecule has 3 rings (SSSR count). The van der Waals surface area contributed by atoms with Crippen molar-refractivity contribution >= 4 is 0 Å². The predicted octanol–water partition coefficient (Wildman–Crippen LogP) is 3.49. The van der Waals surface area contributed by atoms with Gasteiger partial charge >= 0.3 is 0 Å². The van der Waals surface area contributed by atoms with E-state index in [1.807, 2.05) is 12.1 Å². The van der Waals surface area contributed by atoms with Gasteiger partial charge in [-0.15, -0.1) is 10.2 Å². The Balaban J connectivity index is 1.78. The lowest BCUT2D eigenvalue weighted by molar-refractivity contribution is 0.279. The van der Waals surface area contributed by atoms with Crippen LogP contribution in [0.2, 0.25) is 0 Å². The van der Waals surface area contributed by atoms with Gasteiger partial charge in [0.25, 0.3) is 0 Å². The van der Waals surface area contributed by atoms with Crippen molar-refractivity contribution in [3.63, 3.8) is 0 Å². The Morgan fingerprint density at radius 3 is 2.76 bits per heavy atom. The SMILES string of the molecule is CC(C)(C)c1ccccc1OCc1nnc2n1CCCC2. The van der Waals surface area contributed by atoms with E-state index >= 15 is 0 Å². The van der Waals surface area contributed by atoms with Crippen LogP contribution >= 0.6 is 0 Å². The summed E-state index contributed by atoms with van der Waals surface area (Å²) in [7, 11) is 0. The molecule has 0 fully saturated rings. The fourth-order valence-electron chi connectivity index (χ4n) is 2.83. The molecule has 0 radical (unpaired) electrons. The molecule has 0 saturated heterocycles. The second-order valence-corrected chi connectivity index (χ2v) is 6.68. The van der Waals surface area contributed by atoms with Gasteiger partial charge in [-0.1, -0.05) is 39.0 Å². The molecule has 0 bridgehead atoms. The zero-order valence-corrected chi connectivity index (χ0v) is 13.1. The summed E-state index contributed by atoms with van der Waals surface area (Å²) < 4.78 is 8.26. The Hall–Kier alpha value is -1.84. The van der Waals surface area contributed by atoms with Crippen molar-refractivity contribution in [3.05, 3.63) is 41.5 Å². The molecule has 0 unspecified atom stereocenters. The summed E-state index contributed by atoms with van der Waals surface area (Å²) >= 11 is 0. The largest absolute Gasteiger partial charge is 0.485 e. The molecule has 112 valence electrons. The van der Waals surface area contributed by atoms with E-state index < -0.39 is 0 Å². The number of nitrogens with zero attached hydrogens (tertiary/aromatic N) is 3. The van der Waals surface area contributed by atoms with Crippen molar-refractivity contribution in [1.82, 2.24) is 14.8 Å². The number of aryl methyl sites for hydroxylation is 1. The van der Waals surface area contributed by atoms with Crippen LogP contribution in [0.25, 0.3) is 0 Å². The quantitative estimate of drug-likeness (QED) is 0.866. The van der Waals surface area contributed by atoms with E-state index in [1.54, 1.807) is 0 Å². The lowest BCUT2D eigenvalue weighted by Crippen LogP contribution is -2.16. The van der Waals surface area contributed by atoms with Gasteiger partial charge in [0.2, 0.25) is 0 Å². The molecule has 0 amide bonds. The normalized spacial score (nSPS) is 14.8. The van der Waals surface area contributed by atoms with E-state index in [4.69, 9.17) is 4.74 Å². The molecule has 4 heteroatoms. The van der Waals surface area contributed by atoms with E-state index in [-0.39, 0.29) is 5.41 Å². The van der Waals surface area contributed by atoms with Crippen LogP contribution in [0.4, 0.5) is 0 Å². The molecule has 0 aliphatic carbocycles. The summed E-state index contributed by atoms with van der Waals surface area (Å²) in [5, 5.41) is 8.57. The highest BCUT2D eigenvalue weighted by molar-refractivity contribution is 5.38. The first-order valence-electron chi connectivity index (χ1n) is 7.69. The van der Waals surface area contributed by atoms with Crippen LogP contribution in [0, 0.1) is 0 Å². The zero-order valence-electron chi connectivity index (χ0n) is 13.1. The monoisotopic (exact) mass is 285 g/mol. The average Bonchev–Trinajstić information content (AvgIpc) is 2.88. The number of ether oxygens (including phenoxy) is 1. The fraction of sp³-hybridized carbons (Fsp3) is 0.529. The Morgan fingerprint density at radius 2 is 1.95 bits per heavy atom. The van der Waals surface area contributed by atoms with Crippen LogP contribution < -0.4 is 4.74 Å². The minimum atomic E-state index is 0.0703. The maximum Gasteiger partial charge on any atom is 0.171 e. The van der Waals surface area contributed by atoms with Crippen LogP contribution in [0.3, 0.4) is 0 Å². The third-order valence-electron chi connectivity index (χ3n) is 3.99. The van der Waals surface area contributed by atoms with Gasteiger partial charge in [-0.3, -0.25) is 0 Å². The number of fused-ring (bicyclic) bond motifs is 1. The topological polar surface area (TPSA) is 39.9 Å². The highest BCUT2D eigenvalue weighted by Gasteiger charge is 2.20. The summed E-state index contributed by atoms with van der Waals surface area (Å²) in [6.45, 7) is 8.11. The van der Waals surface area contributed by atoms with Crippen molar-refractivity contribution in [1.29, 1.82) is 0 Å². The molecule has 1 aromatic carbocycles. The molecule has 0 saturated carbocycles. The standard InChI is InChI=1S/C17H23N3O/c1-17(2,3)13-8-4-5-9-14(13)21-12-16-19-18-15-10-6-7-11-20(15)16/h4-5,8-9H,6-7,10-12H2,1-3H3. The van der Waals surface area contributed by atoms with E-state index in [2.05, 4.69) is 47.7 Å². The zero-order chi connectivity index (χ0) is 14.9. The lowest BCUT2D eigenvalue weighted by Gasteiger charge is -2.22. The Labute approximate surface area is 126 Å². The van der Waals surface area contributed by atoms with Gasteiger partial charge in [-0.25, -0.2) is 0 Å². The molecule has 21 heavy (non-hydrogen) atoms. The number of rotatable bonds is 3. The van der Waals surface area contributed by atoms with Crippen LogP contribution in [0.1, 0.15) is 50.8 Å². The summed E-state index contributed by atoms with van der Waals surface area (Å²) in [6.07, 6.45) is 3.45. The number of hydrogen-bond donors (Lipinski definition) is 0. The molecule has 2 aromatic rings. The van der Waals surface area contributed by atoms with Gasteiger partial charge in [0.15, 0.2) is 5.82 Å². The van der Waals surface area contributed by atoms with Crippen molar-refractivity contribution in [2.45, 2.75) is 58.6 Å².